The number of hydrogen-bond acceptors (Lipinski definition) is 6. The zero-order valence-electron chi connectivity index (χ0n) is 18.9. The van der Waals surface area contributed by atoms with Crippen molar-refractivity contribution >= 4 is 34.7 Å². The summed E-state index contributed by atoms with van der Waals surface area (Å²) in [6, 6.07) is 11.7. The largest absolute Gasteiger partial charge is 0.385 e. The first-order chi connectivity index (χ1) is 17.0. The van der Waals surface area contributed by atoms with E-state index >= 15 is 0 Å². The smallest absolute Gasteiger partial charge is 0.229 e. The Morgan fingerprint density at radius 1 is 1.26 bits per heavy atom. The Morgan fingerprint density at radius 2 is 2.14 bits per heavy atom. The minimum absolute atomic E-state index is 0.0967. The van der Waals surface area contributed by atoms with Crippen molar-refractivity contribution in [1.29, 1.82) is 5.41 Å². The second kappa shape index (κ2) is 8.78. The van der Waals surface area contributed by atoms with E-state index in [0.29, 0.717) is 28.9 Å². The fourth-order valence-corrected chi connectivity index (χ4v) is 4.60. The number of imidazole rings is 1. The van der Waals surface area contributed by atoms with Crippen molar-refractivity contribution in [2.75, 3.05) is 0 Å². The summed E-state index contributed by atoms with van der Waals surface area (Å²) < 4.78 is 1.82. The fraction of sp³-hybridized carbons (Fsp3) is 0.269. The highest BCUT2D eigenvalue weighted by atomic mass is 35.5. The molecule has 6 rings (SSSR count). The highest BCUT2D eigenvalue weighted by Gasteiger charge is 2.44. The van der Waals surface area contributed by atoms with E-state index in [9.17, 15) is 4.79 Å². The van der Waals surface area contributed by atoms with E-state index < -0.39 is 0 Å². The number of aromatic nitrogens is 3. The molecule has 0 unspecified atom stereocenters. The third-order valence-corrected chi connectivity index (χ3v) is 6.79. The van der Waals surface area contributed by atoms with Gasteiger partial charge in [-0.2, -0.15) is 5.10 Å². The summed E-state index contributed by atoms with van der Waals surface area (Å²) in [5.74, 6) is 0.889. The second-order valence-electron chi connectivity index (χ2n) is 9.21. The first-order valence-electron chi connectivity index (χ1n) is 11.7. The number of fused-ring (bicyclic) bond motifs is 1. The van der Waals surface area contributed by atoms with E-state index in [0.717, 1.165) is 29.0 Å². The monoisotopic (exact) mass is 485 g/mol. The number of aliphatic imine (C=N–C) groups is 1. The highest BCUT2D eigenvalue weighted by Crippen LogP contribution is 2.48. The van der Waals surface area contributed by atoms with Crippen molar-refractivity contribution in [3.05, 3.63) is 88.6 Å². The number of nitrogens with zero attached hydrogens (tertiary/aromatic N) is 4. The summed E-state index contributed by atoms with van der Waals surface area (Å²) in [4.78, 5) is 21.8. The number of amidine groups is 1. The molecular weight excluding hydrogens is 462 g/mol. The lowest BCUT2D eigenvalue weighted by Crippen LogP contribution is -2.36. The van der Waals surface area contributed by atoms with E-state index in [2.05, 4.69) is 31.8 Å². The number of carbonyl (C=O) groups excluding carboxylic acids is 1. The Hall–Kier alpha value is -3.78. The number of rotatable bonds is 6. The van der Waals surface area contributed by atoms with Crippen molar-refractivity contribution in [1.82, 2.24) is 25.2 Å². The van der Waals surface area contributed by atoms with Crippen molar-refractivity contribution in [3.8, 4) is 0 Å². The average Bonchev–Trinajstić information content (AvgIpc) is 3.76. The molecule has 0 spiro atoms. The first kappa shape index (κ1) is 21.7. The zero-order valence-corrected chi connectivity index (χ0v) is 19.7. The molecule has 3 heterocycles. The van der Waals surface area contributed by atoms with Gasteiger partial charge >= 0.3 is 0 Å². The van der Waals surface area contributed by atoms with Crippen LogP contribution in [-0.4, -0.2) is 32.1 Å². The molecule has 2 atom stereocenters. The molecule has 3 N–H and O–H groups in total. The van der Waals surface area contributed by atoms with Gasteiger partial charge < -0.3 is 16.0 Å². The van der Waals surface area contributed by atoms with E-state index in [1.54, 1.807) is 12.3 Å². The van der Waals surface area contributed by atoms with Crippen molar-refractivity contribution in [2.45, 2.75) is 37.6 Å². The predicted molar refractivity (Wildman–Crippen MR) is 135 cm³/mol. The van der Waals surface area contributed by atoms with Crippen LogP contribution in [0.15, 0.2) is 71.6 Å². The van der Waals surface area contributed by atoms with Gasteiger partial charge in [-0.15, -0.1) is 0 Å². The van der Waals surface area contributed by atoms with Crippen LogP contribution >= 0.6 is 11.6 Å². The number of nitrogens with one attached hydrogen (secondary N) is 3. The van der Waals surface area contributed by atoms with Crippen LogP contribution in [0.25, 0.3) is 5.65 Å². The zero-order chi connectivity index (χ0) is 23.9. The molecule has 9 heteroatoms. The molecule has 2 aliphatic carbocycles. The fourth-order valence-electron chi connectivity index (χ4n) is 4.40. The van der Waals surface area contributed by atoms with Gasteiger partial charge in [0.2, 0.25) is 5.91 Å². The Bertz CT molecular complexity index is 1430. The number of halogens is 1. The maximum atomic E-state index is 12.9. The number of benzene rings is 1. The summed E-state index contributed by atoms with van der Waals surface area (Å²) in [5.41, 5.74) is 4.63. The third-order valence-electron chi connectivity index (χ3n) is 6.55. The van der Waals surface area contributed by atoms with Gasteiger partial charge in [-0.1, -0.05) is 23.7 Å². The summed E-state index contributed by atoms with van der Waals surface area (Å²) >= 11 is 6.10. The quantitative estimate of drug-likeness (QED) is 0.488. The van der Waals surface area contributed by atoms with Crippen LogP contribution in [0.5, 0.6) is 0 Å². The van der Waals surface area contributed by atoms with Crippen LogP contribution in [0.3, 0.4) is 0 Å². The lowest BCUT2D eigenvalue weighted by Gasteiger charge is -2.15. The molecule has 3 aliphatic rings. The second-order valence-corrected chi connectivity index (χ2v) is 9.64. The Kier molecular flexibility index (Phi) is 5.45. The topological polar surface area (TPSA) is 108 Å². The molecule has 1 aliphatic heterocycles. The van der Waals surface area contributed by atoms with Gasteiger partial charge in [0.25, 0.3) is 0 Å². The molecule has 35 heavy (non-hydrogen) atoms. The van der Waals surface area contributed by atoms with Crippen LogP contribution in [0.2, 0.25) is 5.02 Å². The number of carbonyl (C=O) groups is 1. The highest BCUT2D eigenvalue weighted by molar-refractivity contribution is 6.31. The van der Waals surface area contributed by atoms with Crippen molar-refractivity contribution in [2.24, 2.45) is 10.9 Å². The summed E-state index contributed by atoms with van der Waals surface area (Å²) in [7, 11) is 0. The number of hydrogen-bond donors (Lipinski definition) is 3. The van der Waals surface area contributed by atoms with Gasteiger partial charge in [-0.3, -0.25) is 4.79 Å². The molecule has 1 aromatic carbocycles. The minimum atomic E-state index is -0.128. The molecule has 3 aromatic rings. The van der Waals surface area contributed by atoms with E-state index in [-0.39, 0.29) is 23.5 Å². The minimum Gasteiger partial charge on any atom is -0.385 e. The number of amides is 1. The molecule has 2 saturated carbocycles. The van der Waals surface area contributed by atoms with Gasteiger partial charge in [0.05, 0.1) is 35.4 Å². The molecule has 2 fully saturated rings. The molecule has 1 amide bonds. The summed E-state index contributed by atoms with van der Waals surface area (Å²) in [5, 5.41) is 19.8. The summed E-state index contributed by atoms with van der Waals surface area (Å²) in [6.07, 6.45) is 9.94. The SMILES string of the molecule is N=C1C=CN=C(NC(=O)[C@H]2C[C@@H]2c2cccc(Cl)c2)/C1=C/NCc1cn2nc(C3CC3)ccc2n1. The van der Waals surface area contributed by atoms with Crippen molar-refractivity contribution < 1.29 is 4.79 Å². The van der Waals surface area contributed by atoms with Crippen LogP contribution < -0.4 is 10.6 Å². The van der Waals surface area contributed by atoms with Crippen LogP contribution in [0.1, 0.15) is 48.0 Å². The van der Waals surface area contributed by atoms with Crippen LogP contribution in [-0.2, 0) is 11.3 Å². The average molecular weight is 486 g/mol. The molecule has 0 bridgehead atoms. The van der Waals surface area contributed by atoms with E-state index in [4.69, 9.17) is 17.0 Å². The molecule has 0 radical (unpaired) electrons. The number of allylic oxidation sites excluding steroid dienone is 1. The van der Waals surface area contributed by atoms with Gasteiger partial charge in [-0.25, -0.2) is 14.5 Å². The Balaban J connectivity index is 1.11. The maximum absolute atomic E-state index is 12.9. The van der Waals surface area contributed by atoms with Gasteiger partial charge in [0.1, 0.15) is 5.84 Å². The van der Waals surface area contributed by atoms with Crippen LogP contribution in [0.4, 0.5) is 0 Å². The molecule has 176 valence electrons. The molecular formula is C26H24ClN7O. The first-order valence-corrected chi connectivity index (χ1v) is 12.1. The van der Waals surface area contributed by atoms with Crippen LogP contribution in [0, 0.1) is 11.3 Å². The summed E-state index contributed by atoms with van der Waals surface area (Å²) in [6.45, 7) is 0.462. The van der Waals surface area contributed by atoms with E-state index in [1.807, 2.05) is 41.0 Å². The molecule has 8 nitrogen and oxygen atoms in total. The van der Waals surface area contributed by atoms with Crippen molar-refractivity contribution in [3.63, 3.8) is 0 Å². The standard InChI is InChI=1S/C26H24ClN7O/c27-17-3-1-2-16(10-17)19-11-20(19)26(35)32-25-21(22(28)8-9-30-25)13-29-12-18-14-34-24(31-18)7-6-23(33-34)15-4-5-15/h1-3,6-10,13-15,19-20,28-29H,4-5,11-12H2,(H,30,32,35)/b21-13+,28-22?/t19-,20+/m1/s1. The van der Waals surface area contributed by atoms with Gasteiger partial charge in [-0.05, 0) is 61.1 Å². The maximum Gasteiger partial charge on any atom is 0.229 e. The molecule has 0 saturated heterocycles. The molecule has 2 aromatic heterocycles. The Labute approximate surface area is 207 Å². The normalized spacial score (nSPS) is 22.4. The lowest BCUT2D eigenvalue weighted by atomic mass is 10.1. The van der Waals surface area contributed by atoms with Gasteiger partial charge in [0.15, 0.2) is 5.65 Å². The van der Waals surface area contributed by atoms with E-state index in [1.165, 1.54) is 19.0 Å². The predicted octanol–water partition coefficient (Wildman–Crippen LogP) is 4.10. The van der Waals surface area contributed by atoms with Gasteiger partial charge in [0, 0.05) is 29.3 Å². The third kappa shape index (κ3) is 4.61. The lowest BCUT2D eigenvalue weighted by molar-refractivity contribution is -0.120. The Morgan fingerprint density at radius 3 is 2.97 bits per heavy atom.